The van der Waals surface area contributed by atoms with E-state index in [1.807, 2.05) is 25.2 Å². The van der Waals surface area contributed by atoms with E-state index < -0.39 is 0 Å². The predicted molar refractivity (Wildman–Crippen MR) is 105 cm³/mol. The first kappa shape index (κ1) is 16.7. The molecule has 0 spiro atoms. The highest BCUT2D eigenvalue weighted by Crippen LogP contribution is 2.50. The predicted octanol–water partition coefficient (Wildman–Crippen LogP) is 4.50. The summed E-state index contributed by atoms with van der Waals surface area (Å²) < 4.78 is 5.41. The number of nitrogens with one attached hydrogen (secondary N) is 1. The van der Waals surface area contributed by atoms with Gasteiger partial charge in [0.15, 0.2) is 0 Å². The zero-order valence-corrected chi connectivity index (χ0v) is 15.4. The van der Waals surface area contributed by atoms with Crippen LogP contribution in [0.2, 0.25) is 0 Å². The molecule has 2 aromatic rings. The second-order valence-electron chi connectivity index (χ2n) is 7.10. The molecular formula is C22H24N2O2. The van der Waals surface area contributed by atoms with E-state index >= 15 is 0 Å². The number of nitrogens with zero attached hydrogens (tertiary/aromatic N) is 1. The van der Waals surface area contributed by atoms with Crippen molar-refractivity contribution in [2.24, 2.45) is 5.92 Å². The van der Waals surface area contributed by atoms with Crippen LogP contribution in [0.15, 0.2) is 54.6 Å². The zero-order chi connectivity index (χ0) is 18.3. The standard InChI is InChI=1S/C22H24N2O2/c1-14(25)24(2)16-10-11-21-20(13-16)18-8-5-9-19(18)22(23-21)15-6-4-7-17(12-15)26-3/h4-8,10-13,18-19,22-23H,9H2,1-3H3. The van der Waals surface area contributed by atoms with Crippen molar-refractivity contribution >= 4 is 17.3 Å². The Bertz CT molecular complexity index is 874. The Kier molecular flexibility index (Phi) is 4.19. The van der Waals surface area contributed by atoms with Crippen molar-refractivity contribution in [2.75, 3.05) is 24.4 Å². The third kappa shape index (κ3) is 2.75. The number of rotatable bonds is 3. The average molecular weight is 348 g/mol. The van der Waals surface area contributed by atoms with Crippen molar-refractivity contribution in [3.8, 4) is 5.75 Å². The van der Waals surface area contributed by atoms with Gasteiger partial charge in [-0.3, -0.25) is 4.79 Å². The Labute approximate surface area is 154 Å². The monoisotopic (exact) mass is 348 g/mol. The number of methoxy groups -OCH3 is 1. The number of hydrogen-bond donors (Lipinski definition) is 1. The van der Waals surface area contributed by atoms with Crippen LogP contribution in [0.1, 0.15) is 36.4 Å². The highest BCUT2D eigenvalue weighted by Gasteiger charge is 2.38. The molecule has 3 atom stereocenters. The SMILES string of the molecule is COc1cccc(C2Nc3ccc(N(C)C(C)=O)cc3C3C=CCC32)c1. The van der Waals surface area contributed by atoms with Crippen molar-refractivity contribution in [2.45, 2.75) is 25.3 Å². The van der Waals surface area contributed by atoms with Crippen LogP contribution in [0.3, 0.4) is 0 Å². The summed E-state index contributed by atoms with van der Waals surface area (Å²) in [6, 6.07) is 14.8. The van der Waals surface area contributed by atoms with E-state index in [1.165, 1.54) is 11.1 Å². The van der Waals surface area contributed by atoms with Gasteiger partial charge >= 0.3 is 0 Å². The number of amides is 1. The highest BCUT2D eigenvalue weighted by molar-refractivity contribution is 5.91. The van der Waals surface area contributed by atoms with Crippen LogP contribution in [0.4, 0.5) is 11.4 Å². The number of allylic oxidation sites excluding steroid dienone is 2. The van der Waals surface area contributed by atoms with Gasteiger partial charge in [0.1, 0.15) is 5.75 Å². The normalized spacial score (nSPS) is 23.0. The fraction of sp³-hybridized carbons (Fsp3) is 0.318. The average Bonchev–Trinajstić information content (AvgIpc) is 3.16. The van der Waals surface area contributed by atoms with Gasteiger partial charge in [-0.2, -0.15) is 0 Å². The number of ether oxygens (including phenoxy) is 1. The zero-order valence-electron chi connectivity index (χ0n) is 15.4. The van der Waals surface area contributed by atoms with E-state index in [-0.39, 0.29) is 11.9 Å². The summed E-state index contributed by atoms with van der Waals surface area (Å²) in [6.45, 7) is 1.59. The number of hydrogen-bond acceptors (Lipinski definition) is 3. The Morgan fingerprint density at radius 2 is 2.08 bits per heavy atom. The van der Waals surface area contributed by atoms with Crippen molar-refractivity contribution in [1.82, 2.24) is 0 Å². The molecule has 0 radical (unpaired) electrons. The van der Waals surface area contributed by atoms with Crippen LogP contribution in [0.5, 0.6) is 5.75 Å². The molecule has 0 bridgehead atoms. The van der Waals surface area contributed by atoms with Gasteiger partial charge in [0.05, 0.1) is 13.2 Å². The molecular weight excluding hydrogens is 324 g/mol. The van der Waals surface area contributed by atoms with Crippen LogP contribution in [0.25, 0.3) is 0 Å². The summed E-state index contributed by atoms with van der Waals surface area (Å²) in [4.78, 5) is 13.4. The maximum Gasteiger partial charge on any atom is 0.223 e. The topological polar surface area (TPSA) is 41.6 Å². The summed E-state index contributed by atoms with van der Waals surface area (Å²) in [7, 11) is 3.52. The van der Waals surface area contributed by atoms with Crippen molar-refractivity contribution in [3.05, 3.63) is 65.7 Å². The molecule has 4 rings (SSSR count). The molecule has 4 heteroatoms. The van der Waals surface area contributed by atoms with Crippen molar-refractivity contribution < 1.29 is 9.53 Å². The second-order valence-corrected chi connectivity index (χ2v) is 7.10. The summed E-state index contributed by atoms with van der Waals surface area (Å²) in [5.74, 6) is 1.76. The molecule has 26 heavy (non-hydrogen) atoms. The van der Waals surface area contributed by atoms with E-state index in [2.05, 4.69) is 41.7 Å². The van der Waals surface area contributed by atoms with Gasteiger partial charge in [-0.15, -0.1) is 0 Å². The molecule has 1 amide bonds. The van der Waals surface area contributed by atoms with Crippen LogP contribution in [0, 0.1) is 5.92 Å². The Morgan fingerprint density at radius 1 is 1.23 bits per heavy atom. The summed E-state index contributed by atoms with van der Waals surface area (Å²) in [5.41, 5.74) is 4.61. The van der Waals surface area contributed by atoms with E-state index in [4.69, 9.17) is 4.74 Å². The Balaban J connectivity index is 1.73. The molecule has 1 N–H and O–H groups in total. The number of fused-ring (bicyclic) bond motifs is 3. The highest BCUT2D eigenvalue weighted by atomic mass is 16.5. The number of carbonyl (C=O) groups is 1. The maximum absolute atomic E-state index is 11.7. The van der Waals surface area contributed by atoms with Crippen LogP contribution < -0.4 is 15.0 Å². The lowest BCUT2D eigenvalue weighted by atomic mass is 9.77. The molecule has 1 heterocycles. The van der Waals surface area contributed by atoms with Gasteiger partial charge in [0.2, 0.25) is 5.91 Å². The lowest BCUT2D eigenvalue weighted by Gasteiger charge is -2.38. The number of carbonyl (C=O) groups excluding carboxylic acids is 1. The summed E-state index contributed by atoms with van der Waals surface area (Å²) >= 11 is 0. The minimum atomic E-state index is 0.0430. The molecule has 134 valence electrons. The minimum Gasteiger partial charge on any atom is -0.497 e. The lowest BCUT2D eigenvalue weighted by Crippen LogP contribution is -2.30. The van der Waals surface area contributed by atoms with Crippen molar-refractivity contribution in [3.63, 3.8) is 0 Å². The van der Waals surface area contributed by atoms with E-state index in [0.29, 0.717) is 11.8 Å². The third-order valence-electron chi connectivity index (χ3n) is 5.66. The minimum absolute atomic E-state index is 0.0430. The number of anilines is 2. The first-order valence-electron chi connectivity index (χ1n) is 9.04. The third-order valence-corrected chi connectivity index (χ3v) is 5.66. The van der Waals surface area contributed by atoms with Gasteiger partial charge in [-0.25, -0.2) is 0 Å². The van der Waals surface area contributed by atoms with E-state index in [0.717, 1.165) is 23.5 Å². The fourth-order valence-electron chi connectivity index (χ4n) is 4.14. The molecule has 2 aliphatic rings. The van der Waals surface area contributed by atoms with E-state index in [9.17, 15) is 4.79 Å². The lowest BCUT2D eigenvalue weighted by molar-refractivity contribution is -0.116. The van der Waals surface area contributed by atoms with Gasteiger partial charge < -0.3 is 15.0 Å². The van der Waals surface area contributed by atoms with Gasteiger partial charge in [0, 0.05) is 31.3 Å². The van der Waals surface area contributed by atoms with Gasteiger partial charge in [-0.1, -0.05) is 24.3 Å². The Hall–Kier alpha value is -2.75. The molecule has 1 aliphatic carbocycles. The van der Waals surface area contributed by atoms with E-state index in [1.54, 1.807) is 18.9 Å². The van der Waals surface area contributed by atoms with Crippen LogP contribution in [-0.2, 0) is 4.79 Å². The molecule has 3 unspecified atom stereocenters. The quantitative estimate of drug-likeness (QED) is 0.830. The summed E-state index contributed by atoms with van der Waals surface area (Å²) in [5, 5.41) is 3.73. The van der Waals surface area contributed by atoms with Crippen LogP contribution >= 0.6 is 0 Å². The first-order chi connectivity index (χ1) is 12.6. The molecule has 1 aliphatic heterocycles. The van der Waals surface area contributed by atoms with Crippen molar-refractivity contribution in [1.29, 1.82) is 0 Å². The Morgan fingerprint density at radius 3 is 2.85 bits per heavy atom. The maximum atomic E-state index is 11.7. The molecule has 0 aromatic heterocycles. The van der Waals surface area contributed by atoms with Crippen LogP contribution in [-0.4, -0.2) is 20.1 Å². The number of benzene rings is 2. The molecule has 4 nitrogen and oxygen atoms in total. The van der Waals surface area contributed by atoms with Gasteiger partial charge in [0.25, 0.3) is 0 Å². The largest absolute Gasteiger partial charge is 0.497 e. The smallest absolute Gasteiger partial charge is 0.223 e. The molecule has 0 saturated carbocycles. The first-order valence-corrected chi connectivity index (χ1v) is 9.04. The fourth-order valence-corrected chi connectivity index (χ4v) is 4.14. The van der Waals surface area contributed by atoms with Gasteiger partial charge in [-0.05, 0) is 53.8 Å². The molecule has 0 fully saturated rings. The molecule has 2 aromatic carbocycles. The molecule has 0 saturated heterocycles. The second kappa shape index (κ2) is 6.52. The summed E-state index contributed by atoms with van der Waals surface area (Å²) in [6.07, 6.45) is 5.64.